The minimum Gasteiger partial charge on any atom is -0.381 e. The Labute approximate surface area is 120 Å². The van der Waals surface area contributed by atoms with E-state index in [9.17, 15) is 4.79 Å². The summed E-state index contributed by atoms with van der Waals surface area (Å²) in [4.78, 5) is 12.3. The van der Waals surface area contributed by atoms with Crippen molar-refractivity contribution in [2.24, 2.45) is 5.92 Å². The fourth-order valence-electron chi connectivity index (χ4n) is 3.55. The van der Waals surface area contributed by atoms with E-state index in [0.717, 1.165) is 45.4 Å². The van der Waals surface area contributed by atoms with Crippen LogP contribution in [0.1, 0.15) is 43.0 Å². The first-order valence-corrected chi connectivity index (χ1v) is 7.77. The van der Waals surface area contributed by atoms with Crippen LogP contribution in [0.5, 0.6) is 0 Å². The number of aromatic nitrogens is 1. The highest BCUT2D eigenvalue weighted by Crippen LogP contribution is 2.29. The maximum atomic E-state index is 12.3. The van der Waals surface area contributed by atoms with E-state index in [1.807, 2.05) is 17.7 Å². The van der Waals surface area contributed by atoms with Gasteiger partial charge in [-0.15, -0.1) is 0 Å². The van der Waals surface area contributed by atoms with Gasteiger partial charge in [0.05, 0.1) is 0 Å². The van der Waals surface area contributed by atoms with Crippen molar-refractivity contribution in [1.29, 1.82) is 0 Å². The molecule has 1 saturated heterocycles. The number of rotatable bonds is 3. The van der Waals surface area contributed by atoms with E-state index in [0.29, 0.717) is 12.0 Å². The smallest absolute Gasteiger partial charge is 0.250 e. The van der Waals surface area contributed by atoms with Crippen molar-refractivity contribution in [1.82, 2.24) is 9.88 Å². The second-order valence-electron chi connectivity index (χ2n) is 5.97. The van der Waals surface area contributed by atoms with Gasteiger partial charge in [0, 0.05) is 37.6 Å². The molecule has 0 amide bonds. The van der Waals surface area contributed by atoms with Crippen LogP contribution in [0.15, 0.2) is 16.9 Å². The fourth-order valence-corrected chi connectivity index (χ4v) is 3.55. The molecular formula is C16H24N2O2. The van der Waals surface area contributed by atoms with Crippen LogP contribution in [0, 0.1) is 5.92 Å². The first kappa shape index (κ1) is 13.8. The molecular weight excluding hydrogens is 252 g/mol. The van der Waals surface area contributed by atoms with Gasteiger partial charge in [-0.1, -0.05) is 6.07 Å². The predicted octanol–water partition coefficient (Wildman–Crippen LogP) is 1.87. The van der Waals surface area contributed by atoms with E-state index in [4.69, 9.17) is 4.74 Å². The van der Waals surface area contributed by atoms with E-state index >= 15 is 0 Å². The Morgan fingerprint density at radius 3 is 2.85 bits per heavy atom. The number of nitrogens with zero attached hydrogens (tertiary/aromatic N) is 1. The highest BCUT2D eigenvalue weighted by Gasteiger charge is 2.23. The Balaban J connectivity index is 1.91. The van der Waals surface area contributed by atoms with Crippen LogP contribution in [0.25, 0.3) is 0 Å². The minimum atomic E-state index is 0.159. The lowest BCUT2D eigenvalue weighted by atomic mass is 9.90. The first-order valence-electron chi connectivity index (χ1n) is 7.77. The third-order valence-electron chi connectivity index (χ3n) is 4.74. The largest absolute Gasteiger partial charge is 0.381 e. The average Bonchev–Trinajstić information content (AvgIpc) is 2.50. The quantitative estimate of drug-likeness (QED) is 0.916. The lowest BCUT2D eigenvalue weighted by molar-refractivity contribution is 0.0606. The summed E-state index contributed by atoms with van der Waals surface area (Å²) in [5.41, 5.74) is 2.74. The van der Waals surface area contributed by atoms with E-state index in [-0.39, 0.29) is 5.56 Å². The van der Waals surface area contributed by atoms with Crippen molar-refractivity contribution in [2.45, 2.75) is 44.7 Å². The SMILES string of the molecule is CNC1CCCc2c1ccc(=O)n2CC1CCOCC1. The molecule has 1 fully saturated rings. The van der Waals surface area contributed by atoms with Crippen LogP contribution in [0.2, 0.25) is 0 Å². The number of hydrogen-bond acceptors (Lipinski definition) is 3. The maximum absolute atomic E-state index is 12.3. The molecule has 0 aromatic carbocycles. The number of nitrogens with one attached hydrogen (secondary N) is 1. The Morgan fingerprint density at radius 2 is 2.10 bits per heavy atom. The van der Waals surface area contributed by atoms with E-state index < -0.39 is 0 Å². The summed E-state index contributed by atoms with van der Waals surface area (Å²) in [5.74, 6) is 0.586. The van der Waals surface area contributed by atoms with Crippen LogP contribution >= 0.6 is 0 Å². The number of fused-ring (bicyclic) bond motifs is 1. The molecule has 4 heteroatoms. The zero-order valence-electron chi connectivity index (χ0n) is 12.2. The Hall–Kier alpha value is -1.13. The Morgan fingerprint density at radius 1 is 1.30 bits per heavy atom. The molecule has 1 aliphatic carbocycles. The predicted molar refractivity (Wildman–Crippen MR) is 79.0 cm³/mol. The van der Waals surface area contributed by atoms with Crippen molar-refractivity contribution in [2.75, 3.05) is 20.3 Å². The second-order valence-corrected chi connectivity index (χ2v) is 5.97. The summed E-state index contributed by atoms with van der Waals surface area (Å²) in [6, 6.07) is 4.17. The molecule has 2 heterocycles. The Bertz CT molecular complexity index is 518. The topological polar surface area (TPSA) is 43.3 Å². The lowest BCUT2D eigenvalue weighted by Crippen LogP contribution is -2.33. The summed E-state index contributed by atoms with van der Waals surface area (Å²) >= 11 is 0. The molecule has 0 radical (unpaired) electrons. The van der Waals surface area contributed by atoms with Gasteiger partial charge in [0.25, 0.3) is 5.56 Å². The van der Waals surface area contributed by atoms with Gasteiger partial charge in [0.2, 0.25) is 0 Å². The molecule has 1 atom stereocenters. The van der Waals surface area contributed by atoms with Crippen LogP contribution in [-0.2, 0) is 17.7 Å². The van der Waals surface area contributed by atoms with Gasteiger partial charge in [0.15, 0.2) is 0 Å². The van der Waals surface area contributed by atoms with E-state index in [2.05, 4.69) is 5.32 Å². The molecule has 20 heavy (non-hydrogen) atoms. The standard InChI is InChI=1S/C16H24N2O2/c1-17-14-3-2-4-15-13(14)5-6-16(19)18(15)11-12-7-9-20-10-8-12/h5-6,12,14,17H,2-4,7-11H2,1H3. The minimum absolute atomic E-state index is 0.159. The van der Waals surface area contributed by atoms with Crippen LogP contribution < -0.4 is 10.9 Å². The molecule has 1 unspecified atom stereocenters. The third-order valence-corrected chi connectivity index (χ3v) is 4.74. The number of ether oxygens (including phenoxy) is 1. The Kier molecular flexibility index (Phi) is 4.22. The molecule has 1 aromatic heterocycles. The van der Waals surface area contributed by atoms with Gasteiger partial charge in [-0.3, -0.25) is 4.79 Å². The molecule has 0 saturated carbocycles. The molecule has 0 spiro atoms. The van der Waals surface area contributed by atoms with Crippen LogP contribution in [-0.4, -0.2) is 24.8 Å². The molecule has 110 valence electrons. The van der Waals surface area contributed by atoms with Crippen molar-refractivity contribution in [3.8, 4) is 0 Å². The van der Waals surface area contributed by atoms with Crippen LogP contribution in [0.4, 0.5) is 0 Å². The summed E-state index contributed by atoms with van der Waals surface area (Å²) in [6.07, 6.45) is 5.51. The van der Waals surface area contributed by atoms with Crippen LogP contribution in [0.3, 0.4) is 0 Å². The molecule has 1 aliphatic heterocycles. The summed E-state index contributed by atoms with van der Waals surface area (Å²) in [7, 11) is 2.01. The van der Waals surface area contributed by atoms with E-state index in [1.165, 1.54) is 17.7 Å². The van der Waals surface area contributed by atoms with Gasteiger partial charge in [-0.05, 0) is 50.6 Å². The van der Waals surface area contributed by atoms with Gasteiger partial charge in [-0.25, -0.2) is 0 Å². The monoisotopic (exact) mass is 276 g/mol. The van der Waals surface area contributed by atoms with Crippen molar-refractivity contribution in [3.63, 3.8) is 0 Å². The zero-order valence-corrected chi connectivity index (χ0v) is 12.2. The van der Waals surface area contributed by atoms with Gasteiger partial charge in [0.1, 0.15) is 0 Å². The highest BCUT2D eigenvalue weighted by atomic mass is 16.5. The molecule has 1 aromatic rings. The first-order chi connectivity index (χ1) is 9.79. The van der Waals surface area contributed by atoms with Gasteiger partial charge < -0.3 is 14.6 Å². The summed E-state index contributed by atoms with van der Waals surface area (Å²) in [5, 5.41) is 3.38. The summed E-state index contributed by atoms with van der Waals surface area (Å²) in [6.45, 7) is 2.54. The molecule has 1 N–H and O–H groups in total. The maximum Gasteiger partial charge on any atom is 0.250 e. The number of pyridine rings is 1. The molecule has 4 nitrogen and oxygen atoms in total. The molecule has 2 aliphatic rings. The highest BCUT2D eigenvalue weighted by molar-refractivity contribution is 5.27. The zero-order chi connectivity index (χ0) is 13.9. The second kappa shape index (κ2) is 6.10. The van der Waals surface area contributed by atoms with Crippen molar-refractivity contribution < 1.29 is 4.74 Å². The average molecular weight is 276 g/mol. The molecule has 0 bridgehead atoms. The molecule has 3 rings (SSSR count). The normalized spacial score (nSPS) is 23.6. The summed E-state index contributed by atoms with van der Waals surface area (Å²) < 4.78 is 7.45. The van der Waals surface area contributed by atoms with Crippen molar-refractivity contribution >= 4 is 0 Å². The van der Waals surface area contributed by atoms with Gasteiger partial charge in [-0.2, -0.15) is 0 Å². The number of hydrogen-bond donors (Lipinski definition) is 1. The van der Waals surface area contributed by atoms with E-state index in [1.54, 1.807) is 6.07 Å². The van der Waals surface area contributed by atoms with Crippen molar-refractivity contribution in [3.05, 3.63) is 33.7 Å². The van der Waals surface area contributed by atoms with Gasteiger partial charge >= 0.3 is 0 Å². The lowest BCUT2D eigenvalue weighted by Gasteiger charge is -2.30. The third kappa shape index (κ3) is 2.67. The fraction of sp³-hybridized carbons (Fsp3) is 0.688.